The van der Waals surface area contributed by atoms with Crippen molar-refractivity contribution in [1.29, 1.82) is 0 Å². The standard InChI is InChI=1S/C25H25N3O3/c29-22-15-27(14-17-9-6-12-31-17)25(30)21-13-19-18-10-4-5-11-20(18)26-23(19)24(28(21)22)16-7-2-1-3-8-16/h1-5,7-8,10-11,17,21,24,26H,6,9,12-15H2. The van der Waals surface area contributed by atoms with Gasteiger partial charge in [-0.05, 0) is 30.0 Å². The largest absolute Gasteiger partial charge is 0.376 e. The van der Waals surface area contributed by atoms with Crippen molar-refractivity contribution < 1.29 is 14.3 Å². The van der Waals surface area contributed by atoms with Gasteiger partial charge in [0.15, 0.2) is 0 Å². The fourth-order valence-electron chi connectivity index (χ4n) is 5.49. The predicted molar refractivity (Wildman–Crippen MR) is 116 cm³/mol. The highest BCUT2D eigenvalue weighted by atomic mass is 16.5. The van der Waals surface area contributed by atoms with Crippen LogP contribution in [-0.2, 0) is 20.7 Å². The Hall–Kier alpha value is -3.12. The lowest BCUT2D eigenvalue weighted by Crippen LogP contribution is -2.63. The molecule has 4 heterocycles. The van der Waals surface area contributed by atoms with Crippen LogP contribution in [0.4, 0.5) is 0 Å². The summed E-state index contributed by atoms with van der Waals surface area (Å²) in [4.78, 5) is 34.2. The second-order valence-electron chi connectivity index (χ2n) is 8.75. The minimum Gasteiger partial charge on any atom is -0.376 e. The van der Waals surface area contributed by atoms with E-state index < -0.39 is 6.04 Å². The van der Waals surface area contributed by atoms with Crippen molar-refractivity contribution in [3.05, 3.63) is 71.4 Å². The molecule has 0 radical (unpaired) electrons. The van der Waals surface area contributed by atoms with Crippen LogP contribution in [-0.4, -0.2) is 58.4 Å². The average molecular weight is 415 g/mol. The molecule has 3 aromatic rings. The molecule has 3 aliphatic heterocycles. The van der Waals surface area contributed by atoms with Crippen LogP contribution in [0.15, 0.2) is 54.6 Å². The number of hydrogen-bond donors (Lipinski definition) is 1. The molecule has 3 unspecified atom stereocenters. The smallest absolute Gasteiger partial charge is 0.246 e. The molecular formula is C25H25N3O3. The Kier molecular flexibility index (Phi) is 4.35. The number of piperazine rings is 1. The first-order valence-corrected chi connectivity index (χ1v) is 11.1. The van der Waals surface area contributed by atoms with Crippen LogP contribution >= 0.6 is 0 Å². The quantitative estimate of drug-likeness (QED) is 0.715. The molecule has 6 nitrogen and oxygen atoms in total. The lowest BCUT2D eigenvalue weighted by atomic mass is 9.86. The minimum absolute atomic E-state index is 0.000700. The minimum atomic E-state index is -0.487. The van der Waals surface area contributed by atoms with Gasteiger partial charge in [0, 0.05) is 36.2 Å². The molecule has 158 valence electrons. The first-order valence-electron chi connectivity index (χ1n) is 11.1. The molecule has 31 heavy (non-hydrogen) atoms. The molecule has 1 aromatic heterocycles. The zero-order valence-corrected chi connectivity index (χ0v) is 17.3. The molecule has 2 saturated heterocycles. The van der Waals surface area contributed by atoms with Gasteiger partial charge in [0.1, 0.15) is 6.04 Å². The highest BCUT2D eigenvalue weighted by molar-refractivity contribution is 5.97. The van der Waals surface area contributed by atoms with Gasteiger partial charge in [-0.1, -0.05) is 48.5 Å². The number of nitrogens with zero attached hydrogens (tertiary/aromatic N) is 2. The van der Waals surface area contributed by atoms with Crippen molar-refractivity contribution in [1.82, 2.24) is 14.8 Å². The van der Waals surface area contributed by atoms with E-state index >= 15 is 0 Å². The van der Waals surface area contributed by atoms with Crippen LogP contribution in [0.25, 0.3) is 10.9 Å². The molecule has 6 heteroatoms. The number of aromatic amines is 1. The van der Waals surface area contributed by atoms with Crippen LogP contribution in [0, 0.1) is 0 Å². The van der Waals surface area contributed by atoms with E-state index in [-0.39, 0.29) is 30.5 Å². The zero-order valence-electron chi connectivity index (χ0n) is 17.3. The molecular weight excluding hydrogens is 390 g/mol. The number of ether oxygens (including phenoxy) is 1. The summed E-state index contributed by atoms with van der Waals surface area (Å²) in [6.07, 6.45) is 2.55. The summed E-state index contributed by atoms with van der Waals surface area (Å²) < 4.78 is 5.74. The summed E-state index contributed by atoms with van der Waals surface area (Å²) in [6.45, 7) is 1.37. The number of para-hydroxylation sites is 1. The van der Waals surface area contributed by atoms with Gasteiger partial charge in [0.05, 0.1) is 18.7 Å². The van der Waals surface area contributed by atoms with E-state index in [0.717, 1.165) is 47.2 Å². The number of carbonyl (C=O) groups is 2. The highest BCUT2D eigenvalue weighted by Crippen LogP contribution is 2.42. The van der Waals surface area contributed by atoms with E-state index in [9.17, 15) is 9.59 Å². The molecule has 2 amide bonds. The Bertz CT molecular complexity index is 1150. The molecule has 2 aromatic carbocycles. The summed E-state index contributed by atoms with van der Waals surface area (Å²) in [5.74, 6) is 0.0349. The van der Waals surface area contributed by atoms with Gasteiger partial charge in [-0.2, -0.15) is 0 Å². The van der Waals surface area contributed by atoms with Gasteiger partial charge in [-0.3, -0.25) is 9.59 Å². The van der Waals surface area contributed by atoms with Gasteiger partial charge >= 0.3 is 0 Å². The molecule has 0 bridgehead atoms. The second-order valence-corrected chi connectivity index (χ2v) is 8.75. The van der Waals surface area contributed by atoms with Gasteiger partial charge in [-0.25, -0.2) is 0 Å². The molecule has 0 aliphatic carbocycles. The van der Waals surface area contributed by atoms with Gasteiger partial charge in [0.25, 0.3) is 0 Å². The van der Waals surface area contributed by atoms with Crippen LogP contribution in [0.2, 0.25) is 0 Å². The van der Waals surface area contributed by atoms with Crippen molar-refractivity contribution in [2.75, 3.05) is 19.7 Å². The summed E-state index contributed by atoms with van der Waals surface area (Å²) in [5.41, 5.74) is 4.24. The normalized spacial score (nSPS) is 25.7. The van der Waals surface area contributed by atoms with Crippen LogP contribution in [0.3, 0.4) is 0 Å². The fourth-order valence-corrected chi connectivity index (χ4v) is 5.49. The Morgan fingerprint density at radius 2 is 1.84 bits per heavy atom. The Morgan fingerprint density at radius 1 is 1.03 bits per heavy atom. The van der Waals surface area contributed by atoms with E-state index in [1.807, 2.05) is 47.4 Å². The lowest BCUT2D eigenvalue weighted by molar-refractivity contribution is -0.159. The average Bonchev–Trinajstić information content (AvgIpc) is 3.44. The predicted octanol–water partition coefficient (Wildman–Crippen LogP) is 3.03. The summed E-state index contributed by atoms with van der Waals surface area (Å²) in [5, 5.41) is 1.13. The molecule has 3 aliphatic rings. The first-order chi connectivity index (χ1) is 15.2. The number of amides is 2. The van der Waals surface area contributed by atoms with Crippen LogP contribution < -0.4 is 0 Å². The van der Waals surface area contributed by atoms with E-state index in [2.05, 4.69) is 17.1 Å². The number of hydrogen-bond acceptors (Lipinski definition) is 3. The SMILES string of the molecule is O=C1C2Cc3c([nH]c4ccccc34)C(c3ccccc3)N2C(=O)CN1CC1CCCO1. The maximum atomic E-state index is 13.6. The van der Waals surface area contributed by atoms with Gasteiger partial charge in [-0.15, -0.1) is 0 Å². The van der Waals surface area contributed by atoms with E-state index in [4.69, 9.17) is 4.74 Å². The second kappa shape index (κ2) is 7.24. The zero-order chi connectivity index (χ0) is 20.9. The molecule has 0 spiro atoms. The lowest BCUT2D eigenvalue weighted by Gasteiger charge is -2.47. The maximum absolute atomic E-state index is 13.6. The Morgan fingerprint density at radius 3 is 2.65 bits per heavy atom. The third kappa shape index (κ3) is 2.97. The summed E-state index contributed by atoms with van der Waals surface area (Å²) in [7, 11) is 0. The third-order valence-electron chi connectivity index (χ3n) is 6.91. The number of carbonyl (C=O) groups excluding carboxylic acids is 2. The van der Waals surface area contributed by atoms with E-state index in [1.54, 1.807) is 4.90 Å². The molecule has 6 rings (SSSR count). The Labute approximate surface area is 180 Å². The van der Waals surface area contributed by atoms with E-state index in [0.29, 0.717) is 13.0 Å². The summed E-state index contributed by atoms with van der Waals surface area (Å²) >= 11 is 0. The third-order valence-corrected chi connectivity index (χ3v) is 6.91. The molecule has 2 fully saturated rings. The van der Waals surface area contributed by atoms with Crippen molar-refractivity contribution in [2.24, 2.45) is 0 Å². The molecule has 0 saturated carbocycles. The monoisotopic (exact) mass is 415 g/mol. The van der Waals surface area contributed by atoms with Gasteiger partial charge < -0.3 is 19.5 Å². The number of rotatable bonds is 3. The van der Waals surface area contributed by atoms with Gasteiger partial charge in [0.2, 0.25) is 11.8 Å². The first kappa shape index (κ1) is 18.6. The fraction of sp³-hybridized carbons (Fsp3) is 0.360. The van der Waals surface area contributed by atoms with Crippen LogP contribution in [0.5, 0.6) is 0 Å². The Balaban J connectivity index is 1.45. The van der Waals surface area contributed by atoms with Crippen molar-refractivity contribution in [3.8, 4) is 0 Å². The number of benzene rings is 2. The van der Waals surface area contributed by atoms with Crippen molar-refractivity contribution >= 4 is 22.7 Å². The van der Waals surface area contributed by atoms with Crippen molar-refractivity contribution in [3.63, 3.8) is 0 Å². The van der Waals surface area contributed by atoms with Crippen LogP contribution in [0.1, 0.15) is 35.7 Å². The number of fused-ring (bicyclic) bond motifs is 4. The highest BCUT2D eigenvalue weighted by Gasteiger charge is 2.48. The maximum Gasteiger partial charge on any atom is 0.246 e. The number of nitrogens with one attached hydrogen (secondary N) is 1. The number of aromatic nitrogens is 1. The summed E-state index contributed by atoms with van der Waals surface area (Å²) in [6, 6.07) is 17.4. The molecule has 1 N–H and O–H groups in total. The van der Waals surface area contributed by atoms with E-state index in [1.165, 1.54) is 0 Å². The van der Waals surface area contributed by atoms with Crippen molar-refractivity contribution in [2.45, 2.75) is 37.5 Å². The molecule has 3 atom stereocenters. The topological polar surface area (TPSA) is 65.6 Å². The number of H-pyrrole nitrogens is 1.